The summed E-state index contributed by atoms with van der Waals surface area (Å²) in [6.45, 7) is 3.19. The monoisotopic (exact) mass is 434 g/mol. The van der Waals surface area contributed by atoms with Crippen LogP contribution in [-0.4, -0.2) is 24.6 Å². The van der Waals surface area contributed by atoms with Crippen molar-refractivity contribution in [2.45, 2.75) is 26.4 Å². The lowest BCUT2D eigenvalue weighted by Crippen LogP contribution is -2.10. The Morgan fingerprint density at radius 1 is 1.03 bits per heavy atom. The van der Waals surface area contributed by atoms with Crippen LogP contribution in [-0.2, 0) is 12.6 Å². The topological polar surface area (TPSA) is 82.0 Å². The molecular formula is C20H15F5N6. The molecule has 0 bridgehead atoms. The molecule has 0 aliphatic heterocycles. The van der Waals surface area contributed by atoms with E-state index in [1.807, 2.05) is 0 Å². The van der Waals surface area contributed by atoms with Crippen LogP contribution in [0.15, 0.2) is 30.3 Å². The summed E-state index contributed by atoms with van der Waals surface area (Å²) < 4.78 is 69.5. The number of aromatic nitrogens is 5. The van der Waals surface area contributed by atoms with E-state index in [-0.39, 0.29) is 39.7 Å². The van der Waals surface area contributed by atoms with Crippen LogP contribution in [0.25, 0.3) is 28.0 Å². The first kappa shape index (κ1) is 20.6. The Hall–Kier alpha value is -3.63. The number of halogens is 5. The maximum atomic E-state index is 14.6. The van der Waals surface area contributed by atoms with Crippen molar-refractivity contribution in [2.75, 3.05) is 5.73 Å². The van der Waals surface area contributed by atoms with E-state index in [2.05, 4.69) is 20.1 Å². The van der Waals surface area contributed by atoms with E-state index < -0.39 is 23.5 Å². The van der Waals surface area contributed by atoms with Gasteiger partial charge in [0.05, 0.1) is 11.3 Å². The zero-order chi connectivity index (χ0) is 22.5. The van der Waals surface area contributed by atoms with E-state index in [1.54, 1.807) is 6.92 Å². The maximum Gasteiger partial charge on any atom is 0.433 e. The fourth-order valence-corrected chi connectivity index (χ4v) is 3.25. The van der Waals surface area contributed by atoms with E-state index in [0.717, 1.165) is 18.2 Å². The molecule has 160 valence electrons. The Morgan fingerprint density at radius 3 is 2.42 bits per heavy atom. The minimum Gasteiger partial charge on any atom is -0.368 e. The zero-order valence-corrected chi connectivity index (χ0v) is 16.3. The molecular weight excluding hydrogens is 419 g/mol. The SMILES string of the molecule is CCc1nc2c(-c3cc(C)nc(C(F)(F)F)c3)c(-c3ccc(F)cc3F)nc(N)n2n1. The van der Waals surface area contributed by atoms with Crippen LogP contribution >= 0.6 is 0 Å². The lowest BCUT2D eigenvalue weighted by atomic mass is 9.99. The summed E-state index contributed by atoms with van der Waals surface area (Å²) in [5.74, 6) is -1.54. The molecule has 0 spiro atoms. The van der Waals surface area contributed by atoms with Gasteiger partial charge in [-0.3, -0.25) is 0 Å². The van der Waals surface area contributed by atoms with Gasteiger partial charge < -0.3 is 5.73 Å². The molecule has 1 aromatic carbocycles. The number of fused-ring (bicyclic) bond motifs is 1. The normalized spacial score (nSPS) is 12.0. The first-order valence-electron chi connectivity index (χ1n) is 9.15. The van der Waals surface area contributed by atoms with Crippen molar-refractivity contribution in [2.24, 2.45) is 0 Å². The lowest BCUT2D eigenvalue weighted by Gasteiger charge is -2.15. The lowest BCUT2D eigenvalue weighted by molar-refractivity contribution is -0.141. The first-order chi connectivity index (χ1) is 14.6. The molecule has 0 aliphatic rings. The van der Waals surface area contributed by atoms with Gasteiger partial charge in [0.1, 0.15) is 17.3 Å². The van der Waals surface area contributed by atoms with E-state index >= 15 is 0 Å². The highest BCUT2D eigenvalue weighted by Crippen LogP contribution is 2.38. The largest absolute Gasteiger partial charge is 0.433 e. The molecule has 4 rings (SSSR count). The van der Waals surface area contributed by atoms with Crippen LogP contribution in [0.2, 0.25) is 0 Å². The average molecular weight is 434 g/mol. The van der Waals surface area contributed by atoms with Gasteiger partial charge in [0.15, 0.2) is 11.5 Å². The summed E-state index contributed by atoms with van der Waals surface area (Å²) in [7, 11) is 0. The Labute approximate surface area is 172 Å². The molecule has 3 heterocycles. The molecule has 0 radical (unpaired) electrons. The molecule has 2 N–H and O–H groups in total. The molecule has 11 heteroatoms. The van der Waals surface area contributed by atoms with Crippen LogP contribution < -0.4 is 5.73 Å². The van der Waals surface area contributed by atoms with E-state index in [0.29, 0.717) is 18.3 Å². The van der Waals surface area contributed by atoms with Gasteiger partial charge >= 0.3 is 6.18 Å². The van der Waals surface area contributed by atoms with Gasteiger partial charge in [0, 0.05) is 23.7 Å². The van der Waals surface area contributed by atoms with Crippen LogP contribution in [0.5, 0.6) is 0 Å². The highest BCUT2D eigenvalue weighted by Gasteiger charge is 2.34. The Bertz CT molecular complexity index is 1310. The fraction of sp³-hybridized carbons (Fsp3) is 0.200. The van der Waals surface area contributed by atoms with Crippen molar-refractivity contribution >= 4 is 11.6 Å². The quantitative estimate of drug-likeness (QED) is 0.477. The predicted molar refractivity (Wildman–Crippen MR) is 103 cm³/mol. The van der Waals surface area contributed by atoms with Crippen LogP contribution in [0.3, 0.4) is 0 Å². The molecule has 3 aromatic heterocycles. The third-order valence-electron chi connectivity index (χ3n) is 4.59. The number of alkyl halides is 3. The van der Waals surface area contributed by atoms with Crippen LogP contribution in [0, 0.1) is 18.6 Å². The summed E-state index contributed by atoms with van der Waals surface area (Å²) >= 11 is 0. The highest BCUT2D eigenvalue weighted by molar-refractivity contribution is 5.91. The molecule has 0 unspecified atom stereocenters. The van der Waals surface area contributed by atoms with E-state index in [4.69, 9.17) is 5.73 Å². The summed E-state index contributed by atoms with van der Waals surface area (Å²) in [4.78, 5) is 12.1. The average Bonchev–Trinajstić information content (AvgIpc) is 3.11. The van der Waals surface area contributed by atoms with Gasteiger partial charge in [0.25, 0.3) is 0 Å². The number of benzene rings is 1. The molecule has 0 atom stereocenters. The standard InChI is InChI=1S/C20H15F5N6/c1-3-15-28-18-16(10-6-9(2)27-14(7-10)20(23,24)25)17(29-19(26)31(18)30-15)12-5-4-11(21)8-13(12)22/h4-8H,3H2,1-2H3,(H2,26,29). The van der Waals surface area contributed by atoms with E-state index in [1.165, 1.54) is 17.5 Å². The molecule has 0 amide bonds. The molecule has 0 fully saturated rings. The number of nitrogen functional groups attached to an aromatic ring is 1. The third-order valence-corrected chi connectivity index (χ3v) is 4.59. The number of anilines is 1. The van der Waals surface area contributed by atoms with Crippen molar-refractivity contribution in [3.05, 3.63) is 59.2 Å². The first-order valence-corrected chi connectivity index (χ1v) is 9.15. The van der Waals surface area contributed by atoms with Crippen molar-refractivity contribution in [1.29, 1.82) is 0 Å². The minimum absolute atomic E-state index is 0.0473. The number of hydrogen-bond acceptors (Lipinski definition) is 5. The van der Waals surface area contributed by atoms with Gasteiger partial charge in [-0.25, -0.2) is 23.7 Å². The van der Waals surface area contributed by atoms with E-state index in [9.17, 15) is 22.0 Å². The van der Waals surface area contributed by atoms with Gasteiger partial charge in [-0.05, 0) is 36.8 Å². The fourth-order valence-electron chi connectivity index (χ4n) is 3.25. The van der Waals surface area contributed by atoms with Crippen molar-refractivity contribution in [1.82, 2.24) is 24.6 Å². The van der Waals surface area contributed by atoms with Gasteiger partial charge in [-0.1, -0.05) is 6.92 Å². The van der Waals surface area contributed by atoms with Gasteiger partial charge in [-0.15, -0.1) is 5.10 Å². The van der Waals surface area contributed by atoms with Crippen LogP contribution in [0.1, 0.15) is 24.1 Å². The maximum absolute atomic E-state index is 14.6. The second kappa shape index (κ2) is 7.25. The van der Waals surface area contributed by atoms with Crippen LogP contribution in [0.4, 0.5) is 27.9 Å². The minimum atomic E-state index is -4.71. The third kappa shape index (κ3) is 3.66. The summed E-state index contributed by atoms with van der Waals surface area (Å²) in [5.41, 5.74) is 4.92. The smallest absolute Gasteiger partial charge is 0.368 e. The molecule has 0 saturated heterocycles. The predicted octanol–water partition coefficient (Wildman–Crippen LogP) is 4.60. The van der Waals surface area contributed by atoms with Crippen molar-refractivity contribution < 1.29 is 22.0 Å². The number of aryl methyl sites for hydroxylation is 2. The van der Waals surface area contributed by atoms with Gasteiger partial charge in [-0.2, -0.15) is 17.7 Å². The highest BCUT2D eigenvalue weighted by atomic mass is 19.4. The molecule has 0 saturated carbocycles. The molecule has 31 heavy (non-hydrogen) atoms. The second-order valence-electron chi connectivity index (χ2n) is 6.81. The summed E-state index contributed by atoms with van der Waals surface area (Å²) in [5, 5.41) is 4.21. The Balaban J connectivity index is 2.13. The van der Waals surface area contributed by atoms with Crippen molar-refractivity contribution in [3.63, 3.8) is 0 Å². The number of pyridine rings is 1. The van der Waals surface area contributed by atoms with Crippen molar-refractivity contribution in [3.8, 4) is 22.4 Å². The number of rotatable bonds is 3. The Morgan fingerprint density at radius 2 is 1.77 bits per heavy atom. The summed E-state index contributed by atoms with van der Waals surface area (Å²) in [6, 6.07) is 5.03. The number of nitrogens with zero attached hydrogens (tertiary/aromatic N) is 5. The van der Waals surface area contributed by atoms with Gasteiger partial charge in [0.2, 0.25) is 5.95 Å². The second-order valence-corrected chi connectivity index (χ2v) is 6.81. The zero-order valence-electron chi connectivity index (χ0n) is 16.3. The Kier molecular flexibility index (Phi) is 4.83. The number of hydrogen-bond donors (Lipinski definition) is 1. The molecule has 0 aliphatic carbocycles. The number of nitrogens with two attached hydrogens (primary N) is 1. The molecule has 4 aromatic rings. The summed E-state index contributed by atoms with van der Waals surface area (Å²) in [6.07, 6.45) is -4.29. The molecule has 6 nitrogen and oxygen atoms in total.